The Balaban J connectivity index is 1.88. The van der Waals surface area contributed by atoms with Crippen LogP contribution in [-0.2, 0) is 23.6 Å². The van der Waals surface area contributed by atoms with Crippen molar-refractivity contribution in [3.05, 3.63) is 42.0 Å². The molecule has 0 radical (unpaired) electrons. The van der Waals surface area contributed by atoms with Crippen LogP contribution in [0.5, 0.6) is 0 Å². The molecule has 1 aromatic heterocycles. The summed E-state index contributed by atoms with van der Waals surface area (Å²) in [6, 6.07) is 5.31. The second-order valence-electron chi connectivity index (χ2n) is 5.04. The van der Waals surface area contributed by atoms with Gasteiger partial charge in [-0.05, 0) is 24.6 Å². The van der Waals surface area contributed by atoms with Crippen LogP contribution >= 0.6 is 0 Å². The van der Waals surface area contributed by atoms with E-state index < -0.39 is 10.0 Å². The fourth-order valence-corrected chi connectivity index (χ4v) is 2.49. The molecule has 124 valence electrons. The highest BCUT2D eigenvalue weighted by Gasteiger charge is 2.14. The first kappa shape index (κ1) is 16.9. The molecule has 2 rings (SSSR count). The van der Waals surface area contributed by atoms with Crippen LogP contribution in [0.1, 0.15) is 24.4 Å². The summed E-state index contributed by atoms with van der Waals surface area (Å²) in [5.41, 5.74) is 0.749. The zero-order chi connectivity index (χ0) is 17.0. The van der Waals surface area contributed by atoms with Crippen molar-refractivity contribution < 1.29 is 13.2 Å². The molecule has 1 unspecified atom stereocenters. The van der Waals surface area contributed by atoms with Crippen LogP contribution in [0.3, 0.4) is 0 Å². The molecule has 1 heterocycles. The fraction of sp³-hybridized carbons (Fsp3) is 0.308. The maximum atomic E-state index is 11.9. The molecule has 0 aliphatic heterocycles. The number of amides is 2. The summed E-state index contributed by atoms with van der Waals surface area (Å²) >= 11 is 0. The van der Waals surface area contributed by atoms with Gasteiger partial charge in [-0.15, -0.1) is 10.2 Å². The van der Waals surface area contributed by atoms with E-state index in [1.807, 2.05) is 0 Å². The zero-order valence-corrected chi connectivity index (χ0v) is 13.5. The highest BCUT2D eigenvalue weighted by atomic mass is 32.2. The number of hydrogen-bond donors (Lipinski definition) is 3. The Labute approximate surface area is 134 Å². The van der Waals surface area contributed by atoms with Gasteiger partial charge in [0.15, 0.2) is 5.82 Å². The van der Waals surface area contributed by atoms with Crippen molar-refractivity contribution in [1.29, 1.82) is 0 Å². The lowest BCUT2D eigenvalue weighted by Gasteiger charge is -2.14. The molecule has 0 fully saturated rings. The van der Waals surface area contributed by atoms with E-state index in [9.17, 15) is 13.2 Å². The number of aromatic nitrogens is 3. The Bertz CT molecular complexity index is 784. The molecule has 0 spiro atoms. The highest BCUT2D eigenvalue weighted by Crippen LogP contribution is 2.09. The van der Waals surface area contributed by atoms with Crippen molar-refractivity contribution in [3.63, 3.8) is 0 Å². The summed E-state index contributed by atoms with van der Waals surface area (Å²) in [6.07, 6.45) is 1.55. The van der Waals surface area contributed by atoms with Gasteiger partial charge in [0.25, 0.3) is 0 Å². The van der Waals surface area contributed by atoms with Crippen molar-refractivity contribution in [2.75, 3.05) is 0 Å². The number of carbonyl (C=O) groups excluding carboxylic acids is 1. The number of nitrogens with two attached hydrogens (primary N) is 1. The third kappa shape index (κ3) is 4.50. The zero-order valence-electron chi connectivity index (χ0n) is 12.7. The van der Waals surface area contributed by atoms with Gasteiger partial charge in [0, 0.05) is 13.6 Å². The quantitative estimate of drug-likeness (QED) is 0.707. The predicted octanol–water partition coefficient (Wildman–Crippen LogP) is 0.0229. The molecular weight excluding hydrogens is 320 g/mol. The Morgan fingerprint density at radius 3 is 2.52 bits per heavy atom. The number of primary sulfonamides is 1. The summed E-state index contributed by atoms with van der Waals surface area (Å²) in [6.45, 7) is 2.05. The topological polar surface area (TPSA) is 132 Å². The number of benzene rings is 1. The van der Waals surface area contributed by atoms with Gasteiger partial charge in [0.1, 0.15) is 6.33 Å². The number of urea groups is 1. The molecule has 0 aliphatic carbocycles. The van der Waals surface area contributed by atoms with E-state index in [1.54, 1.807) is 37.0 Å². The average molecular weight is 338 g/mol. The fourth-order valence-electron chi connectivity index (χ4n) is 1.98. The second-order valence-corrected chi connectivity index (χ2v) is 6.60. The SMILES string of the molecule is CC(NC(=O)NCc1ccc(S(N)(=O)=O)cc1)c1nncn1C. The van der Waals surface area contributed by atoms with E-state index in [0.717, 1.165) is 5.56 Å². The van der Waals surface area contributed by atoms with Gasteiger partial charge in [-0.3, -0.25) is 0 Å². The maximum absolute atomic E-state index is 11.9. The van der Waals surface area contributed by atoms with E-state index >= 15 is 0 Å². The summed E-state index contributed by atoms with van der Waals surface area (Å²) in [5.74, 6) is 0.637. The summed E-state index contributed by atoms with van der Waals surface area (Å²) < 4.78 is 24.0. The predicted molar refractivity (Wildman–Crippen MR) is 82.6 cm³/mol. The van der Waals surface area contributed by atoms with Crippen molar-refractivity contribution in [2.45, 2.75) is 24.4 Å². The number of nitrogens with zero attached hydrogens (tertiary/aromatic N) is 3. The van der Waals surface area contributed by atoms with Gasteiger partial charge in [-0.1, -0.05) is 12.1 Å². The van der Waals surface area contributed by atoms with Crippen LogP contribution in [0, 0.1) is 0 Å². The van der Waals surface area contributed by atoms with E-state index in [1.165, 1.54) is 12.1 Å². The van der Waals surface area contributed by atoms with Crippen LogP contribution in [0.25, 0.3) is 0 Å². The molecule has 1 atom stereocenters. The molecule has 1 aromatic carbocycles. The maximum Gasteiger partial charge on any atom is 0.315 e. The number of rotatable bonds is 5. The molecule has 0 bridgehead atoms. The van der Waals surface area contributed by atoms with Crippen LogP contribution in [0.2, 0.25) is 0 Å². The molecular formula is C13H18N6O3S. The van der Waals surface area contributed by atoms with E-state index in [0.29, 0.717) is 5.82 Å². The largest absolute Gasteiger partial charge is 0.334 e. The third-order valence-corrected chi connectivity index (χ3v) is 4.12. The van der Waals surface area contributed by atoms with Crippen molar-refractivity contribution in [3.8, 4) is 0 Å². The summed E-state index contributed by atoms with van der Waals surface area (Å²) in [4.78, 5) is 11.9. The Hall–Kier alpha value is -2.46. The molecule has 9 nitrogen and oxygen atoms in total. The lowest BCUT2D eigenvalue weighted by Crippen LogP contribution is -2.37. The normalized spacial score (nSPS) is 12.7. The van der Waals surface area contributed by atoms with Crippen molar-refractivity contribution >= 4 is 16.1 Å². The van der Waals surface area contributed by atoms with Crippen LogP contribution in [0.15, 0.2) is 35.5 Å². The highest BCUT2D eigenvalue weighted by molar-refractivity contribution is 7.89. The van der Waals surface area contributed by atoms with Gasteiger partial charge in [0.2, 0.25) is 10.0 Å². The smallest absolute Gasteiger partial charge is 0.315 e. The molecule has 0 saturated carbocycles. The van der Waals surface area contributed by atoms with E-state index in [4.69, 9.17) is 5.14 Å². The van der Waals surface area contributed by atoms with Gasteiger partial charge in [-0.2, -0.15) is 0 Å². The molecule has 23 heavy (non-hydrogen) atoms. The first-order valence-electron chi connectivity index (χ1n) is 6.77. The molecule has 4 N–H and O–H groups in total. The molecule has 0 aliphatic rings. The minimum Gasteiger partial charge on any atom is -0.334 e. The van der Waals surface area contributed by atoms with Gasteiger partial charge < -0.3 is 15.2 Å². The number of aryl methyl sites for hydroxylation is 1. The monoisotopic (exact) mass is 338 g/mol. The summed E-state index contributed by atoms with van der Waals surface area (Å²) in [5, 5.41) is 18.1. The van der Waals surface area contributed by atoms with E-state index in [-0.39, 0.29) is 23.5 Å². The van der Waals surface area contributed by atoms with E-state index in [2.05, 4.69) is 20.8 Å². The first-order valence-corrected chi connectivity index (χ1v) is 8.32. The first-order chi connectivity index (χ1) is 10.8. The standard InChI is InChI=1S/C13H18N6O3S/c1-9(12-18-16-8-19(12)2)17-13(20)15-7-10-3-5-11(6-4-10)23(14,21)22/h3-6,8-9H,7H2,1-2H3,(H2,14,21,22)(H2,15,17,20). The second kappa shape index (κ2) is 6.75. The van der Waals surface area contributed by atoms with Crippen LogP contribution in [-0.4, -0.2) is 29.2 Å². The lowest BCUT2D eigenvalue weighted by molar-refractivity contribution is 0.237. The number of carbonyl (C=O) groups is 1. The summed E-state index contributed by atoms with van der Waals surface area (Å²) in [7, 11) is -1.92. The Morgan fingerprint density at radius 1 is 1.35 bits per heavy atom. The Morgan fingerprint density at radius 2 is 2.00 bits per heavy atom. The van der Waals surface area contributed by atoms with Crippen LogP contribution < -0.4 is 15.8 Å². The van der Waals surface area contributed by atoms with Crippen molar-refractivity contribution in [2.24, 2.45) is 12.2 Å². The lowest BCUT2D eigenvalue weighted by atomic mass is 10.2. The minimum atomic E-state index is -3.71. The van der Waals surface area contributed by atoms with Crippen LogP contribution in [0.4, 0.5) is 4.79 Å². The van der Waals surface area contributed by atoms with Gasteiger partial charge >= 0.3 is 6.03 Å². The van der Waals surface area contributed by atoms with Gasteiger partial charge in [-0.25, -0.2) is 18.4 Å². The van der Waals surface area contributed by atoms with Gasteiger partial charge in [0.05, 0.1) is 10.9 Å². The number of sulfonamides is 1. The Kier molecular flexibility index (Phi) is 4.96. The molecule has 2 amide bonds. The molecule has 10 heteroatoms. The number of hydrogen-bond acceptors (Lipinski definition) is 5. The van der Waals surface area contributed by atoms with Crippen molar-refractivity contribution in [1.82, 2.24) is 25.4 Å². The molecule has 0 saturated heterocycles. The number of nitrogens with one attached hydrogen (secondary N) is 2. The molecule has 2 aromatic rings. The minimum absolute atomic E-state index is 0.0293. The third-order valence-electron chi connectivity index (χ3n) is 3.19. The average Bonchev–Trinajstić information content (AvgIpc) is 2.91.